The van der Waals surface area contributed by atoms with Crippen LogP contribution >= 0.6 is 0 Å². The van der Waals surface area contributed by atoms with Gasteiger partial charge in [-0.05, 0) is 60.6 Å². The molecule has 0 aromatic heterocycles. The molecule has 7 nitrogen and oxygen atoms in total. The molecule has 3 rings (SSSR count). The first kappa shape index (κ1) is 20.7. The number of carbonyl (C=O) groups is 2. The number of ketones is 1. The Hall–Kier alpha value is -3.06. The molecule has 0 spiro atoms. The van der Waals surface area contributed by atoms with E-state index in [2.05, 4.69) is 5.32 Å². The van der Waals surface area contributed by atoms with Crippen LogP contribution in [0.3, 0.4) is 0 Å². The fourth-order valence-corrected chi connectivity index (χ4v) is 3.51. The second-order valence-corrected chi connectivity index (χ2v) is 7.28. The Balaban J connectivity index is 1.45. The zero-order valence-electron chi connectivity index (χ0n) is 16.1. The van der Waals surface area contributed by atoms with Crippen molar-refractivity contribution in [3.8, 4) is 0 Å². The Morgan fingerprint density at radius 1 is 1.03 bits per heavy atom. The maximum Gasteiger partial charge on any atom is 0.269 e. The van der Waals surface area contributed by atoms with Crippen LogP contribution < -0.4 is 5.32 Å². The number of nitrogens with one attached hydrogen (secondary N) is 1. The normalized spacial score (nSPS) is 14.0. The number of aryl methyl sites for hydroxylation is 2. The summed E-state index contributed by atoms with van der Waals surface area (Å²) in [5.74, 6) is -0.387. The second kappa shape index (κ2) is 9.43. The van der Waals surface area contributed by atoms with Gasteiger partial charge < -0.3 is 10.4 Å². The number of hydrogen-bond acceptors (Lipinski definition) is 5. The topological polar surface area (TPSA) is 110 Å². The average molecular weight is 396 g/mol. The molecule has 7 heteroatoms. The van der Waals surface area contributed by atoms with Crippen LogP contribution in [0.25, 0.3) is 0 Å². The third-order valence-corrected chi connectivity index (χ3v) is 5.23. The van der Waals surface area contributed by atoms with Crippen LogP contribution in [0.2, 0.25) is 0 Å². The van der Waals surface area contributed by atoms with Crippen molar-refractivity contribution in [1.29, 1.82) is 0 Å². The summed E-state index contributed by atoms with van der Waals surface area (Å²) < 4.78 is 0. The van der Waals surface area contributed by atoms with Gasteiger partial charge in [0, 0.05) is 37.1 Å². The lowest BCUT2D eigenvalue weighted by Gasteiger charge is -2.16. The van der Waals surface area contributed by atoms with Gasteiger partial charge in [0.1, 0.15) is 0 Å². The summed E-state index contributed by atoms with van der Waals surface area (Å²) in [5.41, 5.74) is 3.60. The van der Waals surface area contributed by atoms with Crippen molar-refractivity contribution in [3.63, 3.8) is 0 Å². The van der Waals surface area contributed by atoms with Crippen molar-refractivity contribution in [2.24, 2.45) is 0 Å². The van der Waals surface area contributed by atoms with Crippen molar-refractivity contribution < 1.29 is 19.6 Å². The third kappa shape index (κ3) is 5.48. The molecule has 152 valence electrons. The van der Waals surface area contributed by atoms with E-state index in [9.17, 15) is 24.8 Å². The minimum atomic E-state index is -0.976. The molecule has 29 heavy (non-hydrogen) atoms. The number of nitro benzene ring substituents is 1. The Morgan fingerprint density at radius 3 is 2.41 bits per heavy atom. The molecular weight excluding hydrogens is 372 g/mol. The highest BCUT2D eigenvalue weighted by molar-refractivity contribution is 5.98. The Morgan fingerprint density at radius 2 is 1.72 bits per heavy atom. The Bertz CT molecular complexity index is 908. The van der Waals surface area contributed by atoms with Crippen molar-refractivity contribution in [3.05, 3.63) is 74.8 Å². The zero-order chi connectivity index (χ0) is 20.8. The van der Waals surface area contributed by atoms with Crippen molar-refractivity contribution >= 4 is 17.4 Å². The van der Waals surface area contributed by atoms with Crippen LogP contribution in [-0.4, -0.2) is 28.3 Å². The van der Waals surface area contributed by atoms with Gasteiger partial charge in [-0.3, -0.25) is 19.7 Å². The Kier molecular flexibility index (Phi) is 6.72. The summed E-state index contributed by atoms with van der Waals surface area (Å²) in [6.07, 6.45) is 3.56. The van der Waals surface area contributed by atoms with Gasteiger partial charge in [0.15, 0.2) is 5.78 Å². The fraction of sp³-hybridized carbons (Fsp3) is 0.364. The van der Waals surface area contributed by atoms with Gasteiger partial charge >= 0.3 is 0 Å². The Labute approximate surface area is 168 Å². The van der Waals surface area contributed by atoms with E-state index >= 15 is 0 Å². The van der Waals surface area contributed by atoms with E-state index < -0.39 is 11.0 Å². The van der Waals surface area contributed by atoms with E-state index in [0.29, 0.717) is 11.1 Å². The molecule has 0 heterocycles. The molecule has 0 aliphatic heterocycles. The molecule has 2 aromatic carbocycles. The summed E-state index contributed by atoms with van der Waals surface area (Å²) in [4.78, 5) is 34.6. The molecule has 0 saturated carbocycles. The average Bonchev–Trinajstić information content (AvgIpc) is 2.75. The maximum atomic E-state index is 12.4. The number of Topliss-reactive ketones (excluding diaryl/α,β-unsaturated/α-hetero) is 1. The summed E-state index contributed by atoms with van der Waals surface area (Å²) in [5, 5.41) is 23.4. The molecule has 0 bridgehead atoms. The molecule has 2 aromatic rings. The number of nitrogens with zero attached hydrogens (tertiary/aromatic N) is 1. The number of aliphatic hydroxyl groups is 1. The smallest absolute Gasteiger partial charge is 0.269 e. The molecule has 0 saturated heterocycles. The lowest BCUT2D eigenvalue weighted by Crippen LogP contribution is -2.28. The number of benzene rings is 2. The van der Waals surface area contributed by atoms with Crippen LogP contribution in [0, 0.1) is 10.1 Å². The molecule has 1 unspecified atom stereocenters. The largest absolute Gasteiger partial charge is 0.387 e. The standard InChI is InChI=1S/C22H24N2O5/c25-20(18-6-5-15-3-1-2-4-17(15)13-18)11-12-22(27)23-14-21(26)16-7-9-19(10-8-16)24(28)29/h5-10,13,21,26H,1-4,11-12,14H2,(H,23,27). The minimum Gasteiger partial charge on any atom is -0.387 e. The van der Waals surface area contributed by atoms with E-state index in [1.165, 1.54) is 41.8 Å². The molecule has 0 fully saturated rings. The molecule has 1 aliphatic carbocycles. The van der Waals surface area contributed by atoms with Crippen LogP contribution in [0.4, 0.5) is 5.69 Å². The monoisotopic (exact) mass is 396 g/mol. The summed E-state index contributed by atoms with van der Waals surface area (Å²) in [7, 11) is 0. The van der Waals surface area contributed by atoms with Crippen LogP contribution in [0.1, 0.15) is 58.8 Å². The van der Waals surface area contributed by atoms with Crippen molar-refractivity contribution in [2.75, 3.05) is 6.54 Å². The predicted molar refractivity (Wildman–Crippen MR) is 108 cm³/mol. The van der Waals surface area contributed by atoms with E-state index in [1.807, 2.05) is 18.2 Å². The number of carbonyl (C=O) groups excluding carboxylic acids is 2. The first-order chi connectivity index (χ1) is 13.9. The molecule has 2 N–H and O–H groups in total. The summed E-state index contributed by atoms with van der Waals surface area (Å²) in [6.45, 7) is -0.0241. The van der Waals surface area contributed by atoms with E-state index in [4.69, 9.17) is 0 Å². The van der Waals surface area contributed by atoms with Gasteiger partial charge in [-0.1, -0.05) is 12.1 Å². The van der Waals surface area contributed by atoms with Gasteiger partial charge in [0.05, 0.1) is 11.0 Å². The molecule has 1 atom stereocenters. The van der Waals surface area contributed by atoms with E-state index in [-0.39, 0.29) is 36.8 Å². The van der Waals surface area contributed by atoms with Crippen molar-refractivity contribution in [2.45, 2.75) is 44.6 Å². The minimum absolute atomic E-state index is 0.0241. The summed E-state index contributed by atoms with van der Waals surface area (Å²) >= 11 is 0. The highest BCUT2D eigenvalue weighted by Gasteiger charge is 2.15. The van der Waals surface area contributed by atoms with Crippen molar-refractivity contribution in [1.82, 2.24) is 5.32 Å². The first-order valence-corrected chi connectivity index (χ1v) is 9.78. The van der Waals surface area contributed by atoms with Gasteiger partial charge in [0.25, 0.3) is 5.69 Å². The van der Waals surface area contributed by atoms with E-state index in [0.717, 1.165) is 19.3 Å². The quantitative estimate of drug-likeness (QED) is 0.404. The molecule has 0 radical (unpaired) electrons. The number of non-ortho nitro benzene ring substituents is 1. The van der Waals surface area contributed by atoms with Gasteiger partial charge in [-0.25, -0.2) is 0 Å². The predicted octanol–water partition coefficient (Wildman–Crippen LogP) is 3.29. The number of fused-ring (bicyclic) bond motifs is 1. The molecular formula is C22H24N2O5. The number of rotatable bonds is 8. The van der Waals surface area contributed by atoms with E-state index in [1.54, 1.807) is 0 Å². The number of amides is 1. The lowest BCUT2D eigenvalue weighted by molar-refractivity contribution is -0.384. The van der Waals surface area contributed by atoms with Crippen LogP contribution in [-0.2, 0) is 17.6 Å². The SMILES string of the molecule is O=C(CCC(=O)c1ccc2c(c1)CCCC2)NCC(O)c1ccc([N+](=O)[O-])cc1. The van der Waals surface area contributed by atoms with Crippen LogP contribution in [0.5, 0.6) is 0 Å². The molecule has 1 amide bonds. The third-order valence-electron chi connectivity index (χ3n) is 5.23. The lowest BCUT2D eigenvalue weighted by atomic mass is 9.89. The zero-order valence-corrected chi connectivity index (χ0v) is 16.1. The number of hydrogen-bond donors (Lipinski definition) is 2. The van der Waals surface area contributed by atoms with Crippen LogP contribution in [0.15, 0.2) is 42.5 Å². The first-order valence-electron chi connectivity index (χ1n) is 9.78. The highest BCUT2D eigenvalue weighted by atomic mass is 16.6. The molecule has 1 aliphatic rings. The van der Waals surface area contributed by atoms with Gasteiger partial charge in [-0.15, -0.1) is 0 Å². The number of aliphatic hydroxyl groups excluding tert-OH is 1. The highest BCUT2D eigenvalue weighted by Crippen LogP contribution is 2.23. The second-order valence-electron chi connectivity index (χ2n) is 7.28. The van der Waals surface area contributed by atoms with Gasteiger partial charge in [0.2, 0.25) is 5.91 Å². The fourth-order valence-electron chi connectivity index (χ4n) is 3.51. The maximum absolute atomic E-state index is 12.4. The summed E-state index contributed by atoms with van der Waals surface area (Å²) in [6, 6.07) is 11.3. The number of nitro groups is 1. The van der Waals surface area contributed by atoms with Gasteiger partial charge in [-0.2, -0.15) is 0 Å².